The molecule has 2 aromatic carbocycles. The number of sulfone groups is 1. The van der Waals surface area contributed by atoms with Crippen molar-refractivity contribution in [1.29, 1.82) is 0 Å². The van der Waals surface area contributed by atoms with Crippen LogP contribution >= 0.6 is 0 Å². The molecule has 5 heteroatoms. The van der Waals surface area contributed by atoms with Crippen molar-refractivity contribution in [3.63, 3.8) is 0 Å². The second-order valence-corrected chi connectivity index (χ2v) is 11.6. The zero-order valence-corrected chi connectivity index (χ0v) is 22.6. The minimum Gasteiger partial charge on any atom is -0.508 e. The molecule has 35 heavy (non-hydrogen) atoms. The minimum atomic E-state index is -3.63. The molecule has 0 aliphatic heterocycles. The van der Waals surface area contributed by atoms with Crippen LogP contribution in [0.5, 0.6) is 5.75 Å². The van der Waals surface area contributed by atoms with E-state index in [0.29, 0.717) is 12.2 Å². The number of benzene rings is 2. The van der Waals surface area contributed by atoms with Crippen LogP contribution < -0.4 is 5.32 Å². The van der Waals surface area contributed by atoms with Crippen LogP contribution in [0.1, 0.15) is 110 Å². The van der Waals surface area contributed by atoms with E-state index >= 15 is 0 Å². The number of phenolic OH excluding ortho intramolecular Hbond substituents is 1. The van der Waals surface area contributed by atoms with Crippen LogP contribution in [-0.4, -0.2) is 20.1 Å². The fourth-order valence-electron chi connectivity index (χ4n) is 4.51. The van der Waals surface area contributed by atoms with Gasteiger partial charge in [-0.1, -0.05) is 121 Å². The van der Waals surface area contributed by atoms with E-state index in [-0.39, 0.29) is 15.5 Å². The van der Waals surface area contributed by atoms with Crippen LogP contribution in [0.4, 0.5) is 5.69 Å². The molecule has 0 saturated heterocycles. The van der Waals surface area contributed by atoms with Gasteiger partial charge in [-0.15, -0.1) is 0 Å². The summed E-state index contributed by atoms with van der Waals surface area (Å²) in [5.74, 6) is 0.0616. The lowest BCUT2D eigenvalue weighted by Gasteiger charge is -2.13. The van der Waals surface area contributed by atoms with E-state index in [1.807, 2.05) is 0 Å². The highest BCUT2D eigenvalue weighted by molar-refractivity contribution is 7.91. The van der Waals surface area contributed by atoms with E-state index in [0.717, 1.165) is 12.8 Å². The first kappa shape index (κ1) is 29.2. The number of anilines is 1. The first-order valence-corrected chi connectivity index (χ1v) is 15.4. The van der Waals surface area contributed by atoms with E-state index in [1.165, 1.54) is 108 Å². The fraction of sp³-hybridized carbons (Fsp3) is 0.600. The molecule has 0 saturated carbocycles. The van der Waals surface area contributed by atoms with E-state index in [4.69, 9.17) is 0 Å². The molecule has 0 bridgehead atoms. The number of hydrogen-bond donors (Lipinski definition) is 2. The summed E-state index contributed by atoms with van der Waals surface area (Å²) in [6, 6.07) is 12.8. The molecular weight excluding hydrogens is 454 g/mol. The van der Waals surface area contributed by atoms with Crippen LogP contribution in [0.3, 0.4) is 0 Å². The Labute approximate surface area is 214 Å². The quantitative estimate of drug-likeness (QED) is 0.178. The van der Waals surface area contributed by atoms with Crippen molar-refractivity contribution in [3.05, 3.63) is 48.5 Å². The molecule has 0 aliphatic carbocycles. The maximum atomic E-state index is 13.0. The summed E-state index contributed by atoms with van der Waals surface area (Å²) in [6.45, 7) is 2.97. The van der Waals surface area contributed by atoms with Gasteiger partial charge in [-0.25, -0.2) is 8.42 Å². The number of aromatic hydroxyl groups is 1. The van der Waals surface area contributed by atoms with Crippen molar-refractivity contribution in [2.45, 2.75) is 119 Å². The van der Waals surface area contributed by atoms with Crippen LogP contribution in [0.25, 0.3) is 0 Å². The normalized spacial score (nSPS) is 11.6. The maximum absolute atomic E-state index is 13.0. The predicted molar refractivity (Wildman–Crippen MR) is 148 cm³/mol. The summed E-state index contributed by atoms with van der Waals surface area (Å²) in [4.78, 5) is 0.467. The lowest BCUT2D eigenvalue weighted by atomic mass is 10.0. The van der Waals surface area contributed by atoms with Gasteiger partial charge in [0.1, 0.15) is 5.75 Å². The molecular formula is C30H47NO3S. The summed E-state index contributed by atoms with van der Waals surface area (Å²) in [5.41, 5.74) is 0.467. The molecule has 2 aromatic rings. The van der Waals surface area contributed by atoms with Crippen molar-refractivity contribution >= 4 is 15.5 Å². The Morgan fingerprint density at radius 3 is 1.66 bits per heavy atom. The first-order chi connectivity index (χ1) is 17.1. The lowest BCUT2D eigenvalue weighted by Crippen LogP contribution is -2.09. The highest BCUT2D eigenvalue weighted by Gasteiger charge is 2.21. The molecule has 0 amide bonds. The smallest absolute Gasteiger partial charge is 0.208 e. The zero-order valence-electron chi connectivity index (χ0n) is 21.8. The molecule has 0 heterocycles. The second kappa shape index (κ2) is 17.4. The Balaban J connectivity index is 1.55. The average Bonchev–Trinajstić information content (AvgIpc) is 2.86. The van der Waals surface area contributed by atoms with Gasteiger partial charge in [-0.05, 0) is 30.7 Å². The first-order valence-electron chi connectivity index (χ1n) is 13.9. The Kier molecular flexibility index (Phi) is 14.5. The predicted octanol–water partition coefficient (Wildman–Crippen LogP) is 8.90. The van der Waals surface area contributed by atoms with Gasteiger partial charge in [0.05, 0.1) is 15.5 Å². The van der Waals surface area contributed by atoms with E-state index in [2.05, 4.69) is 12.2 Å². The lowest BCUT2D eigenvalue weighted by molar-refractivity contribution is 0.475. The van der Waals surface area contributed by atoms with E-state index in [1.54, 1.807) is 30.3 Å². The topological polar surface area (TPSA) is 66.4 Å². The van der Waals surface area contributed by atoms with Gasteiger partial charge in [0, 0.05) is 12.6 Å². The highest BCUT2D eigenvalue weighted by Crippen LogP contribution is 2.30. The number of rotatable bonds is 20. The van der Waals surface area contributed by atoms with Crippen LogP contribution in [0, 0.1) is 0 Å². The van der Waals surface area contributed by atoms with E-state index < -0.39 is 9.84 Å². The molecule has 2 N–H and O–H groups in total. The average molecular weight is 502 g/mol. The summed E-state index contributed by atoms with van der Waals surface area (Å²) in [6.07, 6.45) is 21.2. The van der Waals surface area contributed by atoms with E-state index in [9.17, 15) is 13.5 Å². The van der Waals surface area contributed by atoms with Crippen molar-refractivity contribution in [2.75, 3.05) is 11.9 Å². The molecule has 0 aromatic heterocycles. The Morgan fingerprint density at radius 1 is 0.657 bits per heavy atom. The molecule has 0 atom stereocenters. The Hall–Kier alpha value is -2.01. The van der Waals surface area contributed by atoms with Crippen molar-refractivity contribution in [3.8, 4) is 5.75 Å². The van der Waals surface area contributed by atoms with Crippen LogP contribution in [0.2, 0.25) is 0 Å². The van der Waals surface area contributed by atoms with Crippen molar-refractivity contribution in [1.82, 2.24) is 0 Å². The third-order valence-corrected chi connectivity index (χ3v) is 8.48. The van der Waals surface area contributed by atoms with Crippen LogP contribution in [-0.2, 0) is 9.84 Å². The summed E-state index contributed by atoms with van der Waals surface area (Å²) >= 11 is 0. The van der Waals surface area contributed by atoms with Gasteiger partial charge < -0.3 is 10.4 Å². The largest absolute Gasteiger partial charge is 0.508 e. The van der Waals surface area contributed by atoms with Crippen molar-refractivity contribution < 1.29 is 13.5 Å². The summed E-state index contributed by atoms with van der Waals surface area (Å²) < 4.78 is 26.1. The molecule has 2 rings (SSSR count). The standard InChI is InChI=1S/C30H47NO3S/c1-2-3-4-5-6-7-8-9-10-11-12-13-14-15-16-20-25-31-29-26-27(32)23-24-30(29)35(33,34)28-21-18-17-19-22-28/h17-19,21-24,26,31-32H,2-16,20,25H2,1H3. The van der Waals surface area contributed by atoms with Gasteiger partial charge in [-0.3, -0.25) is 0 Å². The minimum absolute atomic E-state index is 0.0616. The van der Waals surface area contributed by atoms with Gasteiger partial charge >= 0.3 is 0 Å². The number of phenols is 1. The SMILES string of the molecule is CCCCCCCCCCCCCCCCCCNc1cc(O)ccc1S(=O)(=O)c1ccccc1. The summed E-state index contributed by atoms with van der Waals surface area (Å²) in [5, 5.41) is 13.1. The second-order valence-electron chi connectivity index (χ2n) is 9.73. The Morgan fingerprint density at radius 2 is 1.14 bits per heavy atom. The number of hydrogen-bond acceptors (Lipinski definition) is 4. The number of nitrogens with one attached hydrogen (secondary N) is 1. The van der Waals surface area contributed by atoms with Gasteiger partial charge in [0.2, 0.25) is 9.84 Å². The highest BCUT2D eigenvalue weighted by atomic mass is 32.2. The number of unbranched alkanes of at least 4 members (excludes halogenated alkanes) is 15. The third kappa shape index (κ3) is 11.5. The summed E-state index contributed by atoms with van der Waals surface area (Å²) in [7, 11) is -3.63. The Bertz CT molecular complexity index is 912. The molecule has 0 unspecified atom stereocenters. The molecule has 196 valence electrons. The maximum Gasteiger partial charge on any atom is 0.208 e. The molecule has 0 spiro atoms. The molecule has 0 aliphatic rings. The zero-order chi connectivity index (χ0) is 25.2. The van der Waals surface area contributed by atoms with Gasteiger partial charge in [0.25, 0.3) is 0 Å². The van der Waals surface area contributed by atoms with Crippen molar-refractivity contribution in [2.24, 2.45) is 0 Å². The molecule has 4 nitrogen and oxygen atoms in total. The van der Waals surface area contributed by atoms with Crippen LogP contribution in [0.15, 0.2) is 58.3 Å². The fourth-order valence-corrected chi connectivity index (χ4v) is 5.95. The monoisotopic (exact) mass is 501 g/mol. The molecule has 0 fully saturated rings. The van der Waals surface area contributed by atoms with Gasteiger partial charge in [-0.2, -0.15) is 0 Å². The molecule has 0 radical (unpaired) electrons. The van der Waals surface area contributed by atoms with Gasteiger partial charge in [0.15, 0.2) is 0 Å². The third-order valence-electron chi connectivity index (χ3n) is 6.65.